The minimum Gasteiger partial charge on any atom is -0.387 e. The lowest BCUT2D eigenvalue weighted by Crippen LogP contribution is -2.27. The third-order valence-corrected chi connectivity index (χ3v) is 3.56. The first-order valence-electron chi connectivity index (χ1n) is 5.90. The number of hydrogen-bond acceptors (Lipinski definition) is 5. The number of carbonyl (C=O) groups is 1. The number of aromatic nitrogens is 2. The molecule has 1 N–H and O–H groups in total. The Morgan fingerprint density at radius 2 is 2.32 bits per heavy atom. The summed E-state index contributed by atoms with van der Waals surface area (Å²) in [7, 11) is 3.55. The molecule has 2 aromatic rings. The molecule has 0 radical (unpaired) electrons. The molecule has 2 aromatic heterocycles. The summed E-state index contributed by atoms with van der Waals surface area (Å²) in [4.78, 5) is 22.4. The van der Waals surface area contributed by atoms with Gasteiger partial charge < -0.3 is 10.2 Å². The number of aryl methyl sites for hydroxylation is 1. The van der Waals surface area contributed by atoms with Crippen LogP contribution in [-0.4, -0.2) is 34.9 Å². The number of anilines is 1. The number of carbonyl (C=O) groups excluding carboxylic acids is 1. The second kappa shape index (κ2) is 5.79. The first-order chi connectivity index (χ1) is 9.11. The number of amides is 1. The largest absolute Gasteiger partial charge is 0.387 e. The molecule has 6 heteroatoms. The number of rotatable bonds is 4. The third kappa shape index (κ3) is 3.08. The first kappa shape index (κ1) is 13.5. The van der Waals surface area contributed by atoms with Gasteiger partial charge in [-0.2, -0.15) is 0 Å². The van der Waals surface area contributed by atoms with Crippen molar-refractivity contribution >= 4 is 22.9 Å². The maximum Gasteiger partial charge on any atom is 0.257 e. The molecule has 2 rings (SSSR count). The van der Waals surface area contributed by atoms with Crippen molar-refractivity contribution in [2.24, 2.45) is 0 Å². The summed E-state index contributed by atoms with van der Waals surface area (Å²) >= 11 is 1.59. The monoisotopic (exact) mass is 276 g/mol. The van der Waals surface area contributed by atoms with Gasteiger partial charge in [0.15, 0.2) is 0 Å². The van der Waals surface area contributed by atoms with E-state index in [1.165, 1.54) is 0 Å². The van der Waals surface area contributed by atoms with Crippen molar-refractivity contribution in [3.05, 3.63) is 40.1 Å². The van der Waals surface area contributed by atoms with Gasteiger partial charge in [0.25, 0.3) is 5.91 Å². The quantitative estimate of drug-likeness (QED) is 0.929. The fraction of sp³-hybridized carbons (Fsp3) is 0.308. The average Bonchev–Trinajstić information content (AvgIpc) is 2.83. The van der Waals surface area contributed by atoms with Gasteiger partial charge in [-0.15, -0.1) is 11.3 Å². The van der Waals surface area contributed by atoms with Crippen molar-refractivity contribution in [1.82, 2.24) is 14.9 Å². The van der Waals surface area contributed by atoms with Gasteiger partial charge in [0.1, 0.15) is 0 Å². The van der Waals surface area contributed by atoms with Crippen molar-refractivity contribution < 1.29 is 4.79 Å². The highest BCUT2D eigenvalue weighted by Gasteiger charge is 2.16. The maximum absolute atomic E-state index is 12.4. The molecule has 0 fully saturated rings. The molecule has 0 unspecified atom stereocenters. The van der Waals surface area contributed by atoms with Crippen LogP contribution in [0.2, 0.25) is 0 Å². The Morgan fingerprint density at radius 3 is 2.95 bits per heavy atom. The molecule has 0 atom stereocenters. The molecule has 1 amide bonds. The Labute approximate surface area is 116 Å². The zero-order valence-electron chi connectivity index (χ0n) is 11.2. The molecule has 0 saturated heterocycles. The van der Waals surface area contributed by atoms with Gasteiger partial charge >= 0.3 is 0 Å². The lowest BCUT2D eigenvalue weighted by atomic mass is 10.2. The van der Waals surface area contributed by atoms with Crippen LogP contribution in [0.15, 0.2) is 23.8 Å². The highest BCUT2D eigenvalue weighted by molar-refractivity contribution is 7.09. The molecular weight excluding hydrogens is 260 g/mol. The normalized spacial score (nSPS) is 10.3. The van der Waals surface area contributed by atoms with Crippen LogP contribution < -0.4 is 5.32 Å². The van der Waals surface area contributed by atoms with E-state index in [2.05, 4.69) is 15.3 Å². The molecule has 2 heterocycles. The van der Waals surface area contributed by atoms with Crippen LogP contribution in [-0.2, 0) is 6.54 Å². The number of pyridine rings is 1. The average molecular weight is 276 g/mol. The van der Waals surface area contributed by atoms with Crippen LogP contribution in [0, 0.1) is 6.92 Å². The van der Waals surface area contributed by atoms with E-state index in [1.807, 2.05) is 12.3 Å². The third-order valence-electron chi connectivity index (χ3n) is 2.73. The van der Waals surface area contributed by atoms with Crippen LogP contribution in [0.25, 0.3) is 0 Å². The van der Waals surface area contributed by atoms with E-state index in [4.69, 9.17) is 0 Å². The standard InChI is InChI=1S/C13H16N4OS/c1-9-16-10(8-19-9)7-17(3)13(18)11-6-15-5-4-12(11)14-2/h4-6,8H,7H2,1-3H3,(H,14,15). The second-order valence-corrected chi connectivity index (χ2v) is 5.25. The minimum atomic E-state index is -0.0666. The van der Waals surface area contributed by atoms with E-state index in [-0.39, 0.29) is 5.91 Å². The molecule has 0 aliphatic rings. The van der Waals surface area contributed by atoms with Gasteiger partial charge in [-0.25, -0.2) is 4.98 Å². The van der Waals surface area contributed by atoms with Crippen molar-refractivity contribution in [1.29, 1.82) is 0 Å². The van der Waals surface area contributed by atoms with Crippen molar-refractivity contribution in [3.8, 4) is 0 Å². The van der Waals surface area contributed by atoms with E-state index in [9.17, 15) is 4.79 Å². The summed E-state index contributed by atoms with van der Waals surface area (Å²) in [6.45, 7) is 2.46. The van der Waals surface area contributed by atoms with Crippen LogP contribution in [0.4, 0.5) is 5.69 Å². The van der Waals surface area contributed by atoms with E-state index in [1.54, 1.807) is 48.8 Å². The molecule has 0 aliphatic heterocycles. The lowest BCUT2D eigenvalue weighted by Gasteiger charge is -2.17. The van der Waals surface area contributed by atoms with Gasteiger partial charge in [0, 0.05) is 37.6 Å². The zero-order valence-corrected chi connectivity index (χ0v) is 12.0. The number of thiazole rings is 1. The van der Waals surface area contributed by atoms with Crippen molar-refractivity contribution in [2.75, 3.05) is 19.4 Å². The predicted octanol–water partition coefficient (Wildman–Crippen LogP) is 2.16. The number of nitrogens with one attached hydrogen (secondary N) is 1. The molecule has 0 saturated carbocycles. The van der Waals surface area contributed by atoms with Crippen LogP contribution in [0.5, 0.6) is 0 Å². The van der Waals surface area contributed by atoms with Crippen molar-refractivity contribution in [2.45, 2.75) is 13.5 Å². The smallest absolute Gasteiger partial charge is 0.257 e. The fourth-order valence-electron chi connectivity index (χ4n) is 1.78. The Balaban J connectivity index is 2.14. The van der Waals surface area contributed by atoms with Crippen LogP contribution in [0.1, 0.15) is 21.1 Å². The van der Waals surface area contributed by atoms with Crippen LogP contribution in [0.3, 0.4) is 0 Å². The van der Waals surface area contributed by atoms with Gasteiger partial charge in [0.05, 0.1) is 22.8 Å². The molecule has 0 bridgehead atoms. The molecule has 0 aromatic carbocycles. The van der Waals surface area contributed by atoms with Gasteiger partial charge in [0.2, 0.25) is 0 Å². The summed E-state index contributed by atoms with van der Waals surface area (Å²) in [5.41, 5.74) is 2.26. The Hall–Kier alpha value is -1.95. The SMILES string of the molecule is CNc1ccncc1C(=O)N(C)Cc1csc(C)n1. The zero-order chi connectivity index (χ0) is 13.8. The minimum absolute atomic E-state index is 0.0666. The van der Waals surface area contributed by atoms with Crippen molar-refractivity contribution in [3.63, 3.8) is 0 Å². The summed E-state index contributed by atoms with van der Waals surface area (Å²) < 4.78 is 0. The Morgan fingerprint density at radius 1 is 1.53 bits per heavy atom. The predicted molar refractivity (Wildman–Crippen MR) is 76.4 cm³/mol. The Kier molecular flexibility index (Phi) is 4.11. The lowest BCUT2D eigenvalue weighted by molar-refractivity contribution is 0.0784. The van der Waals surface area contributed by atoms with E-state index in [0.717, 1.165) is 16.4 Å². The highest BCUT2D eigenvalue weighted by Crippen LogP contribution is 2.16. The van der Waals surface area contributed by atoms with Gasteiger partial charge in [-0.05, 0) is 13.0 Å². The van der Waals surface area contributed by atoms with Gasteiger partial charge in [-0.1, -0.05) is 0 Å². The van der Waals surface area contributed by atoms with E-state index < -0.39 is 0 Å². The maximum atomic E-state index is 12.4. The number of hydrogen-bond donors (Lipinski definition) is 1. The highest BCUT2D eigenvalue weighted by atomic mass is 32.1. The second-order valence-electron chi connectivity index (χ2n) is 4.19. The summed E-state index contributed by atoms with van der Waals surface area (Å²) in [5.74, 6) is -0.0666. The molecule has 0 aliphatic carbocycles. The summed E-state index contributed by atoms with van der Waals surface area (Å²) in [6.07, 6.45) is 3.24. The first-order valence-corrected chi connectivity index (χ1v) is 6.78. The van der Waals surface area contributed by atoms with Gasteiger partial charge in [-0.3, -0.25) is 9.78 Å². The summed E-state index contributed by atoms with van der Waals surface area (Å²) in [6, 6.07) is 1.79. The van der Waals surface area contributed by atoms with Crippen LogP contribution >= 0.6 is 11.3 Å². The molecule has 100 valence electrons. The fourth-order valence-corrected chi connectivity index (χ4v) is 2.39. The van der Waals surface area contributed by atoms with E-state index in [0.29, 0.717) is 12.1 Å². The molecular formula is C13H16N4OS. The topological polar surface area (TPSA) is 58.1 Å². The van der Waals surface area contributed by atoms with E-state index >= 15 is 0 Å². The number of nitrogens with zero attached hydrogens (tertiary/aromatic N) is 3. The molecule has 0 spiro atoms. The molecule has 5 nitrogen and oxygen atoms in total. The summed E-state index contributed by atoms with van der Waals surface area (Å²) in [5, 5.41) is 5.98. The Bertz CT molecular complexity index is 582. The molecule has 19 heavy (non-hydrogen) atoms.